The Hall–Kier alpha value is -4.36. The van der Waals surface area contributed by atoms with Gasteiger partial charge in [0.25, 0.3) is 5.91 Å². The van der Waals surface area contributed by atoms with Crippen LogP contribution in [0.1, 0.15) is 27.9 Å². The monoisotopic (exact) mass is 497 g/mol. The summed E-state index contributed by atoms with van der Waals surface area (Å²) in [4.78, 5) is 28.8. The van der Waals surface area contributed by atoms with Gasteiger partial charge in [0.15, 0.2) is 22.9 Å². The highest BCUT2D eigenvalue weighted by Gasteiger charge is 2.51. The predicted octanol–water partition coefficient (Wildman–Crippen LogP) is 4.87. The van der Waals surface area contributed by atoms with Gasteiger partial charge in [-0.2, -0.15) is 0 Å². The Labute approximate surface area is 214 Å². The Morgan fingerprint density at radius 2 is 1.51 bits per heavy atom. The summed E-state index contributed by atoms with van der Waals surface area (Å²) in [7, 11) is 4.39. The van der Waals surface area contributed by atoms with Crippen molar-refractivity contribution in [2.75, 3.05) is 26.2 Å². The predicted molar refractivity (Wildman–Crippen MR) is 141 cm³/mol. The van der Waals surface area contributed by atoms with Crippen molar-refractivity contribution in [3.05, 3.63) is 95.6 Å². The van der Waals surface area contributed by atoms with E-state index in [9.17, 15) is 14.7 Å². The van der Waals surface area contributed by atoms with Gasteiger partial charge in [0.1, 0.15) is 0 Å². The number of methoxy groups -OCH3 is 3. The van der Waals surface area contributed by atoms with Crippen LogP contribution in [0, 0.1) is 0 Å². The molecule has 1 unspecified atom stereocenters. The zero-order valence-corrected chi connectivity index (χ0v) is 20.9. The molecular weight excluding hydrogens is 470 g/mol. The fourth-order valence-electron chi connectivity index (χ4n) is 5.01. The molecule has 4 aromatic rings. The largest absolute Gasteiger partial charge is 0.493 e. The first-order valence-electron chi connectivity index (χ1n) is 11.8. The smallest absolute Gasteiger partial charge is 0.264 e. The number of amides is 1. The van der Waals surface area contributed by atoms with Gasteiger partial charge >= 0.3 is 0 Å². The average Bonchev–Trinajstić information content (AvgIpc) is 3.14. The molecular formula is C30H27NO6. The van der Waals surface area contributed by atoms with Gasteiger partial charge in [0, 0.05) is 11.1 Å². The summed E-state index contributed by atoms with van der Waals surface area (Å²) in [6.45, 7) is 0.262. The number of benzene rings is 4. The third kappa shape index (κ3) is 4.07. The van der Waals surface area contributed by atoms with E-state index in [0.717, 1.165) is 16.3 Å². The van der Waals surface area contributed by atoms with Gasteiger partial charge in [-0.15, -0.1) is 0 Å². The summed E-state index contributed by atoms with van der Waals surface area (Å²) in [6, 6.07) is 24.0. The lowest BCUT2D eigenvalue weighted by Gasteiger charge is -2.23. The van der Waals surface area contributed by atoms with Gasteiger partial charge in [-0.3, -0.25) is 9.59 Å². The highest BCUT2D eigenvalue weighted by molar-refractivity contribution is 6.11. The number of carbonyl (C=O) groups excluding carboxylic acids is 2. The molecule has 0 aromatic heterocycles. The number of aliphatic hydroxyl groups is 1. The first-order valence-corrected chi connectivity index (χ1v) is 11.8. The third-order valence-corrected chi connectivity index (χ3v) is 6.85. The van der Waals surface area contributed by atoms with Crippen LogP contribution in [0.5, 0.6) is 17.2 Å². The third-order valence-electron chi connectivity index (χ3n) is 6.85. The van der Waals surface area contributed by atoms with E-state index in [2.05, 4.69) is 0 Å². The number of Topliss-reactive ketones (excluding diaryl/α,β-unsaturated/α-hetero) is 1. The number of hydrogen-bond donors (Lipinski definition) is 1. The number of fused-ring (bicyclic) bond motifs is 2. The molecule has 0 spiro atoms. The Balaban J connectivity index is 1.51. The molecule has 0 radical (unpaired) electrons. The van der Waals surface area contributed by atoms with Crippen LogP contribution in [0.15, 0.2) is 78.9 Å². The van der Waals surface area contributed by atoms with E-state index in [4.69, 9.17) is 14.2 Å². The van der Waals surface area contributed by atoms with E-state index < -0.39 is 23.7 Å². The summed E-state index contributed by atoms with van der Waals surface area (Å²) in [5, 5.41) is 13.8. The van der Waals surface area contributed by atoms with Crippen LogP contribution in [-0.4, -0.2) is 38.1 Å². The molecule has 1 amide bonds. The summed E-state index contributed by atoms with van der Waals surface area (Å²) in [6.07, 6.45) is -0.437. The van der Waals surface area contributed by atoms with E-state index in [1.54, 1.807) is 23.1 Å². The van der Waals surface area contributed by atoms with Crippen molar-refractivity contribution >= 4 is 28.2 Å². The molecule has 1 aliphatic heterocycles. The van der Waals surface area contributed by atoms with E-state index in [-0.39, 0.29) is 12.1 Å². The highest BCUT2D eigenvalue weighted by atomic mass is 16.5. The Kier molecular flexibility index (Phi) is 6.31. The van der Waals surface area contributed by atoms with Crippen molar-refractivity contribution in [3.8, 4) is 17.2 Å². The van der Waals surface area contributed by atoms with E-state index in [0.29, 0.717) is 28.5 Å². The van der Waals surface area contributed by atoms with E-state index in [1.165, 1.54) is 33.5 Å². The minimum atomic E-state index is -2.02. The van der Waals surface area contributed by atoms with Crippen molar-refractivity contribution in [2.45, 2.75) is 18.6 Å². The van der Waals surface area contributed by atoms with E-state index in [1.807, 2.05) is 48.5 Å². The number of hydrogen-bond acceptors (Lipinski definition) is 6. The number of carbonyl (C=O) groups is 2. The minimum Gasteiger partial charge on any atom is -0.493 e. The molecule has 0 fully saturated rings. The van der Waals surface area contributed by atoms with Gasteiger partial charge in [0.2, 0.25) is 5.75 Å². The van der Waals surface area contributed by atoms with Gasteiger partial charge < -0.3 is 24.2 Å². The second-order valence-corrected chi connectivity index (χ2v) is 8.92. The Morgan fingerprint density at radius 3 is 2.22 bits per heavy atom. The van der Waals surface area contributed by atoms with Crippen LogP contribution < -0.4 is 19.1 Å². The second-order valence-electron chi connectivity index (χ2n) is 8.92. The number of ether oxygens (including phenoxy) is 3. The quantitative estimate of drug-likeness (QED) is 0.350. The lowest BCUT2D eigenvalue weighted by molar-refractivity contribution is -0.136. The number of nitrogens with zero attached hydrogens (tertiary/aromatic N) is 1. The molecule has 4 aromatic carbocycles. The maximum absolute atomic E-state index is 13.8. The fraction of sp³-hybridized carbons (Fsp3) is 0.200. The minimum absolute atomic E-state index is 0.237. The van der Waals surface area contributed by atoms with Crippen molar-refractivity contribution in [2.24, 2.45) is 0 Å². The topological polar surface area (TPSA) is 85.3 Å². The lowest BCUT2D eigenvalue weighted by atomic mass is 9.88. The molecule has 0 saturated carbocycles. The number of rotatable bonds is 8. The molecule has 37 heavy (non-hydrogen) atoms. The average molecular weight is 498 g/mol. The van der Waals surface area contributed by atoms with Gasteiger partial charge in [-0.05, 0) is 34.5 Å². The molecule has 7 heteroatoms. The number of anilines is 1. The fourth-order valence-corrected chi connectivity index (χ4v) is 5.01. The van der Waals surface area contributed by atoms with Crippen molar-refractivity contribution in [1.29, 1.82) is 0 Å². The molecule has 5 rings (SSSR count). The molecule has 188 valence electrons. The van der Waals surface area contributed by atoms with Crippen LogP contribution in [0.2, 0.25) is 0 Å². The summed E-state index contributed by atoms with van der Waals surface area (Å²) in [5.74, 6) is 0.00370. The molecule has 1 aliphatic rings. The lowest BCUT2D eigenvalue weighted by Crippen LogP contribution is -2.41. The zero-order chi connectivity index (χ0) is 26.2. The molecule has 0 saturated heterocycles. The first-order chi connectivity index (χ1) is 17.9. The van der Waals surface area contributed by atoms with Crippen LogP contribution >= 0.6 is 0 Å². The summed E-state index contributed by atoms with van der Waals surface area (Å²) < 4.78 is 16.1. The normalized spacial score (nSPS) is 16.5. The van der Waals surface area contributed by atoms with Gasteiger partial charge in [-0.1, -0.05) is 60.7 Å². The van der Waals surface area contributed by atoms with Crippen LogP contribution in [0.4, 0.5) is 5.69 Å². The van der Waals surface area contributed by atoms with Crippen molar-refractivity contribution in [3.63, 3.8) is 0 Å². The summed E-state index contributed by atoms with van der Waals surface area (Å²) in [5.41, 5.74) is 0.155. The SMILES string of the molecule is COc1cc(C(=O)CC2(O)C(=O)N(Cc3cccc4ccccc34)c3ccccc32)cc(OC)c1OC. The molecule has 7 nitrogen and oxygen atoms in total. The second kappa shape index (κ2) is 9.59. The molecule has 0 aliphatic carbocycles. The van der Waals surface area contributed by atoms with Crippen LogP contribution in [-0.2, 0) is 16.9 Å². The maximum atomic E-state index is 13.8. The Bertz CT molecular complexity index is 1480. The Morgan fingerprint density at radius 1 is 0.865 bits per heavy atom. The molecule has 1 N–H and O–H groups in total. The maximum Gasteiger partial charge on any atom is 0.264 e. The number of para-hydroxylation sites is 1. The number of ketones is 1. The van der Waals surface area contributed by atoms with Gasteiger partial charge in [0.05, 0.1) is 40.0 Å². The highest BCUT2D eigenvalue weighted by Crippen LogP contribution is 2.45. The van der Waals surface area contributed by atoms with Gasteiger partial charge in [-0.25, -0.2) is 0 Å². The van der Waals surface area contributed by atoms with Crippen LogP contribution in [0.3, 0.4) is 0 Å². The standard InChI is InChI=1S/C30H27NO6/c1-35-26-15-21(16-27(36-2)28(26)37-3)25(32)17-30(34)23-13-6-7-14-24(23)31(29(30)33)18-20-11-8-10-19-9-4-5-12-22(19)20/h4-16,34H,17-18H2,1-3H3. The van der Waals surface area contributed by atoms with Crippen LogP contribution in [0.25, 0.3) is 10.8 Å². The molecule has 0 bridgehead atoms. The van der Waals surface area contributed by atoms with E-state index >= 15 is 0 Å². The molecule has 1 heterocycles. The summed E-state index contributed by atoms with van der Waals surface area (Å²) >= 11 is 0. The van der Waals surface area contributed by atoms with Crippen molar-refractivity contribution < 1.29 is 28.9 Å². The van der Waals surface area contributed by atoms with Crippen molar-refractivity contribution in [1.82, 2.24) is 0 Å². The first kappa shape index (κ1) is 24.3. The zero-order valence-electron chi connectivity index (χ0n) is 20.9. The molecule has 1 atom stereocenters.